The molecule has 0 saturated carbocycles. The molecule has 1 rings (SSSR count). The third kappa shape index (κ3) is 5.23. The molecule has 0 saturated heterocycles. The summed E-state index contributed by atoms with van der Waals surface area (Å²) in [6, 6.07) is 4.40. The van der Waals surface area contributed by atoms with Crippen LogP contribution in [0.25, 0.3) is 0 Å². The van der Waals surface area contributed by atoms with Crippen LogP contribution in [0.2, 0.25) is 0 Å². The summed E-state index contributed by atoms with van der Waals surface area (Å²) >= 11 is 0. The second-order valence-electron chi connectivity index (χ2n) is 5.03. The van der Waals surface area contributed by atoms with E-state index >= 15 is 0 Å². The standard InChI is InChI=1S/C15H22F3N/c1-4-9-19-12(3)5-6-13-7-8-14(10-11(13)2)15(16,17)18/h7-8,10,12,19H,4-6,9H2,1-3H3. The minimum absolute atomic E-state index is 0.390. The van der Waals surface area contributed by atoms with E-state index in [9.17, 15) is 13.2 Å². The molecule has 0 aliphatic heterocycles. The Morgan fingerprint density at radius 3 is 2.47 bits per heavy atom. The molecule has 0 bridgehead atoms. The van der Waals surface area contributed by atoms with Gasteiger partial charge >= 0.3 is 6.18 Å². The molecule has 4 heteroatoms. The smallest absolute Gasteiger partial charge is 0.314 e. The van der Waals surface area contributed by atoms with E-state index in [1.165, 1.54) is 12.1 Å². The number of halogens is 3. The van der Waals surface area contributed by atoms with Gasteiger partial charge in [0.1, 0.15) is 0 Å². The lowest BCUT2D eigenvalue weighted by molar-refractivity contribution is -0.137. The highest BCUT2D eigenvalue weighted by Gasteiger charge is 2.30. The van der Waals surface area contributed by atoms with Crippen LogP contribution in [0, 0.1) is 6.92 Å². The van der Waals surface area contributed by atoms with Crippen molar-refractivity contribution in [3.05, 3.63) is 34.9 Å². The van der Waals surface area contributed by atoms with Crippen molar-refractivity contribution >= 4 is 0 Å². The molecule has 19 heavy (non-hydrogen) atoms. The molecule has 0 amide bonds. The van der Waals surface area contributed by atoms with Crippen LogP contribution in [-0.4, -0.2) is 12.6 Å². The highest BCUT2D eigenvalue weighted by Crippen LogP contribution is 2.30. The average molecular weight is 273 g/mol. The molecule has 0 aliphatic rings. The van der Waals surface area contributed by atoms with Crippen LogP contribution in [0.4, 0.5) is 13.2 Å². The normalized spacial score (nSPS) is 13.6. The van der Waals surface area contributed by atoms with E-state index in [4.69, 9.17) is 0 Å². The highest BCUT2D eigenvalue weighted by atomic mass is 19.4. The summed E-state index contributed by atoms with van der Waals surface area (Å²) in [7, 11) is 0. The number of hydrogen-bond acceptors (Lipinski definition) is 1. The van der Waals surface area contributed by atoms with Gasteiger partial charge in [-0.25, -0.2) is 0 Å². The van der Waals surface area contributed by atoms with Crippen LogP contribution in [0.5, 0.6) is 0 Å². The summed E-state index contributed by atoms with van der Waals surface area (Å²) in [6.07, 6.45) is -1.42. The summed E-state index contributed by atoms with van der Waals surface area (Å²) in [6.45, 7) is 6.94. The molecule has 1 aromatic rings. The zero-order chi connectivity index (χ0) is 14.5. The Morgan fingerprint density at radius 1 is 1.26 bits per heavy atom. The van der Waals surface area contributed by atoms with Crippen LogP contribution >= 0.6 is 0 Å². The van der Waals surface area contributed by atoms with Gasteiger partial charge in [0.15, 0.2) is 0 Å². The molecule has 1 aromatic carbocycles. The Kier molecular flexibility index (Phi) is 5.85. The number of alkyl halides is 3. The monoisotopic (exact) mass is 273 g/mol. The van der Waals surface area contributed by atoms with Crippen LogP contribution in [0.3, 0.4) is 0 Å². The second kappa shape index (κ2) is 6.94. The molecule has 1 nitrogen and oxygen atoms in total. The summed E-state index contributed by atoms with van der Waals surface area (Å²) in [5, 5.41) is 3.38. The SMILES string of the molecule is CCCNC(C)CCc1ccc(C(F)(F)F)cc1C. The number of hydrogen-bond donors (Lipinski definition) is 1. The van der Waals surface area contributed by atoms with Crippen molar-refractivity contribution in [3.8, 4) is 0 Å². The van der Waals surface area contributed by atoms with Gasteiger partial charge in [0.25, 0.3) is 0 Å². The lowest BCUT2D eigenvalue weighted by atomic mass is 9.99. The molecule has 0 heterocycles. The molecule has 0 radical (unpaired) electrons. The molecular weight excluding hydrogens is 251 g/mol. The van der Waals surface area contributed by atoms with Crippen molar-refractivity contribution in [2.75, 3.05) is 6.54 Å². The maximum absolute atomic E-state index is 12.5. The van der Waals surface area contributed by atoms with Crippen molar-refractivity contribution in [3.63, 3.8) is 0 Å². The molecule has 1 N–H and O–H groups in total. The predicted octanol–water partition coefficient (Wildman–Crippen LogP) is 4.33. The van der Waals surface area contributed by atoms with E-state index in [2.05, 4.69) is 19.2 Å². The van der Waals surface area contributed by atoms with E-state index in [1.54, 1.807) is 13.0 Å². The van der Waals surface area contributed by atoms with Gasteiger partial charge < -0.3 is 5.32 Å². The van der Waals surface area contributed by atoms with Gasteiger partial charge in [-0.1, -0.05) is 13.0 Å². The van der Waals surface area contributed by atoms with Crippen molar-refractivity contribution in [1.29, 1.82) is 0 Å². The predicted molar refractivity (Wildman–Crippen MR) is 72.3 cm³/mol. The van der Waals surface area contributed by atoms with Gasteiger partial charge in [-0.05, 0) is 62.9 Å². The number of benzene rings is 1. The van der Waals surface area contributed by atoms with Gasteiger partial charge in [0.05, 0.1) is 5.56 Å². The van der Waals surface area contributed by atoms with Crippen LogP contribution < -0.4 is 5.32 Å². The van der Waals surface area contributed by atoms with Gasteiger partial charge in [-0.3, -0.25) is 0 Å². The Labute approximate surface area is 113 Å². The van der Waals surface area contributed by atoms with Crippen LogP contribution in [0.15, 0.2) is 18.2 Å². The Hall–Kier alpha value is -1.03. The number of rotatable bonds is 6. The second-order valence-corrected chi connectivity index (χ2v) is 5.03. The first-order valence-electron chi connectivity index (χ1n) is 6.74. The molecule has 0 spiro atoms. The maximum atomic E-state index is 12.5. The Morgan fingerprint density at radius 2 is 1.95 bits per heavy atom. The van der Waals surface area contributed by atoms with E-state index in [0.29, 0.717) is 6.04 Å². The van der Waals surface area contributed by atoms with Crippen molar-refractivity contribution < 1.29 is 13.2 Å². The molecule has 0 aromatic heterocycles. The van der Waals surface area contributed by atoms with Gasteiger partial charge in [0.2, 0.25) is 0 Å². The first kappa shape index (κ1) is 16.0. The van der Waals surface area contributed by atoms with E-state index < -0.39 is 11.7 Å². The quantitative estimate of drug-likeness (QED) is 0.813. The van der Waals surface area contributed by atoms with Gasteiger partial charge in [0, 0.05) is 6.04 Å². The lowest BCUT2D eigenvalue weighted by Gasteiger charge is -2.15. The largest absolute Gasteiger partial charge is 0.416 e. The molecule has 0 fully saturated rings. The zero-order valence-electron chi connectivity index (χ0n) is 11.8. The van der Waals surface area contributed by atoms with Crippen molar-refractivity contribution in [2.45, 2.75) is 52.3 Å². The third-order valence-corrected chi connectivity index (χ3v) is 3.26. The topological polar surface area (TPSA) is 12.0 Å². The third-order valence-electron chi connectivity index (χ3n) is 3.26. The lowest BCUT2D eigenvalue weighted by Crippen LogP contribution is -2.27. The first-order chi connectivity index (χ1) is 8.84. The number of nitrogens with one attached hydrogen (secondary N) is 1. The minimum atomic E-state index is -4.25. The van der Waals surface area contributed by atoms with Crippen LogP contribution in [0.1, 0.15) is 43.4 Å². The zero-order valence-corrected chi connectivity index (χ0v) is 11.8. The number of aryl methyl sites for hydroxylation is 2. The van der Waals surface area contributed by atoms with Crippen LogP contribution in [-0.2, 0) is 12.6 Å². The summed E-state index contributed by atoms with van der Waals surface area (Å²) in [5.41, 5.74) is 1.15. The molecular formula is C15H22F3N. The van der Waals surface area contributed by atoms with E-state index in [0.717, 1.165) is 36.9 Å². The van der Waals surface area contributed by atoms with E-state index in [-0.39, 0.29) is 0 Å². The molecule has 1 atom stereocenters. The summed E-state index contributed by atoms with van der Waals surface area (Å²) in [4.78, 5) is 0. The fraction of sp³-hybridized carbons (Fsp3) is 0.600. The fourth-order valence-corrected chi connectivity index (χ4v) is 2.02. The molecule has 0 aliphatic carbocycles. The highest BCUT2D eigenvalue weighted by molar-refractivity contribution is 5.32. The first-order valence-corrected chi connectivity index (χ1v) is 6.74. The van der Waals surface area contributed by atoms with Crippen molar-refractivity contribution in [1.82, 2.24) is 5.32 Å². The summed E-state index contributed by atoms with van der Waals surface area (Å²) in [5.74, 6) is 0. The van der Waals surface area contributed by atoms with Gasteiger partial charge in [-0.15, -0.1) is 0 Å². The fourth-order valence-electron chi connectivity index (χ4n) is 2.02. The van der Waals surface area contributed by atoms with Crippen molar-refractivity contribution in [2.24, 2.45) is 0 Å². The molecule has 1 unspecified atom stereocenters. The summed E-state index contributed by atoms with van der Waals surface area (Å²) < 4.78 is 37.6. The molecule has 108 valence electrons. The minimum Gasteiger partial charge on any atom is -0.314 e. The average Bonchev–Trinajstić information content (AvgIpc) is 2.33. The Bertz CT molecular complexity index is 399. The maximum Gasteiger partial charge on any atom is 0.416 e. The van der Waals surface area contributed by atoms with Gasteiger partial charge in [-0.2, -0.15) is 13.2 Å². The Balaban J connectivity index is 2.60. The van der Waals surface area contributed by atoms with E-state index in [1.807, 2.05) is 0 Å².